The van der Waals surface area contributed by atoms with Crippen LogP contribution in [0.1, 0.15) is 65.2 Å². The SMILES string of the molecule is O=C(O)CCNC(=O)c1ccc(CN(C(C[N+](=O)[O-])=NC(C=S)c2ccc(Cl)cc2)c2ccc(C3=CCCCC3)cc2)cc1. The monoisotopic (exact) mass is 632 g/mol. The van der Waals surface area contributed by atoms with E-state index < -0.39 is 23.5 Å². The number of benzene rings is 3. The van der Waals surface area contributed by atoms with Gasteiger partial charge < -0.3 is 15.3 Å². The van der Waals surface area contributed by atoms with Gasteiger partial charge in [0.15, 0.2) is 5.84 Å². The Morgan fingerprint density at radius 1 is 1.07 bits per heavy atom. The zero-order chi connectivity index (χ0) is 31.5. The molecule has 1 unspecified atom stereocenters. The van der Waals surface area contributed by atoms with Crippen molar-refractivity contribution in [3.05, 3.63) is 116 Å². The molecule has 0 heterocycles. The number of carboxylic acid groups (broad SMARTS) is 1. The van der Waals surface area contributed by atoms with E-state index in [0.29, 0.717) is 10.6 Å². The maximum absolute atomic E-state index is 12.4. The summed E-state index contributed by atoms with van der Waals surface area (Å²) in [7, 11) is 0. The fraction of sp³-hybridized carbons (Fsp3) is 0.273. The van der Waals surface area contributed by atoms with Crippen molar-refractivity contribution in [1.29, 1.82) is 0 Å². The van der Waals surface area contributed by atoms with Crippen molar-refractivity contribution in [2.75, 3.05) is 18.0 Å². The number of aliphatic imine (C=N–C) groups is 1. The van der Waals surface area contributed by atoms with Gasteiger partial charge >= 0.3 is 5.97 Å². The van der Waals surface area contributed by atoms with E-state index in [0.717, 1.165) is 41.6 Å². The van der Waals surface area contributed by atoms with Crippen LogP contribution in [0.3, 0.4) is 0 Å². The Balaban J connectivity index is 1.68. The summed E-state index contributed by atoms with van der Waals surface area (Å²) in [4.78, 5) is 41.3. The molecule has 1 atom stereocenters. The molecule has 4 rings (SSSR count). The number of aliphatic carboxylic acids is 1. The van der Waals surface area contributed by atoms with E-state index in [4.69, 9.17) is 33.9 Å². The van der Waals surface area contributed by atoms with Crippen molar-refractivity contribution in [2.45, 2.75) is 44.7 Å². The van der Waals surface area contributed by atoms with Gasteiger partial charge in [-0.25, -0.2) is 0 Å². The molecular formula is C33H33ClN4O5S. The van der Waals surface area contributed by atoms with Crippen LogP contribution in [0.5, 0.6) is 0 Å². The number of carbonyl (C=O) groups excluding carboxylic acids is 1. The maximum Gasteiger partial charge on any atom is 0.305 e. The molecule has 3 aromatic rings. The predicted octanol–water partition coefficient (Wildman–Crippen LogP) is 6.92. The number of amides is 1. The highest BCUT2D eigenvalue weighted by molar-refractivity contribution is 7.79. The molecule has 0 aromatic heterocycles. The number of nitrogens with zero attached hydrogens (tertiary/aromatic N) is 3. The smallest absolute Gasteiger partial charge is 0.305 e. The number of rotatable bonds is 13. The number of carbonyl (C=O) groups is 2. The third-order valence-electron chi connectivity index (χ3n) is 7.23. The zero-order valence-corrected chi connectivity index (χ0v) is 25.6. The van der Waals surface area contributed by atoms with Crippen molar-refractivity contribution in [3.8, 4) is 0 Å². The second-order valence-electron chi connectivity index (χ2n) is 10.4. The number of nitrogens with one attached hydrogen (secondary N) is 1. The average Bonchev–Trinajstić information content (AvgIpc) is 3.03. The summed E-state index contributed by atoms with van der Waals surface area (Å²) in [6.45, 7) is -0.281. The van der Waals surface area contributed by atoms with Crippen LogP contribution in [0, 0.1) is 10.1 Å². The molecule has 44 heavy (non-hydrogen) atoms. The van der Waals surface area contributed by atoms with E-state index in [2.05, 4.69) is 11.4 Å². The van der Waals surface area contributed by atoms with Gasteiger partial charge in [0.1, 0.15) is 6.04 Å². The van der Waals surface area contributed by atoms with Gasteiger partial charge in [-0.3, -0.25) is 24.7 Å². The van der Waals surface area contributed by atoms with Gasteiger partial charge in [-0.15, -0.1) is 0 Å². The third kappa shape index (κ3) is 9.29. The van der Waals surface area contributed by atoms with Gasteiger partial charge in [0, 0.05) is 39.7 Å². The van der Waals surface area contributed by atoms with E-state index >= 15 is 0 Å². The summed E-state index contributed by atoms with van der Waals surface area (Å²) in [5.41, 5.74) is 5.06. The van der Waals surface area contributed by atoms with Crippen molar-refractivity contribution in [1.82, 2.24) is 5.32 Å². The highest BCUT2D eigenvalue weighted by atomic mass is 35.5. The summed E-state index contributed by atoms with van der Waals surface area (Å²) >= 11 is 11.4. The Bertz CT molecular complexity index is 1540. The summed E-state index contributed by atoms with van der Waals surface area (Å²) < 4.78 is 0. The predicted molar refractivity (Wildman–Crippen MR) is 177 cm³/mol. The standard InChI is InChI=1S/C33H33ClN4O5S/c34-28-14-10-26(11-15-28)30(22-44)36-31(21-38(42)43)37(29-16-12-25(13-17-29)24-4-2-1-3-5-24)20-23-6-8-27(9-7-23)33(41)35-19-18-32(39)40/h4,6-17,22,30H,1-3,5,18-21H2,(H,35,41)(H,39,40). The highest BCUT2D eigenvalue weighted by Gasteiger charge is 2.22. The molecule has 3 aromatic carbocycles. The van der Waals surface area contributed by atoms with E-state index in [1.54, 1.807) is 53.4 Å². The molecule has 9 nitrogen and oxygen atoms in total. The first-order chi connectivity index (χ1) is 21.2. The lowest BCUT2D eigenvalue weighted by Gasteiger charge is -2.26. The molecular weight excluding hydrogens is 600 g/mol. The van der Waals surface area contributed by atoms with E-state index in [1.165, 1.54) is 17.4 Å². The van der Waals surface area contributed by atoms with E-state index in [-0.39, 0.29) is 31.3 Å². The number of anilines is 1. The highest BCUT2D eigenvalue weighted by Crippen LogP contribution is 2.29. The number of nitro groups is 1. The van der Waals surface area contributed by atoms with Crippen LogP contribution in [0.25, 0.3) is 5.57 Å². The second kappa shape index (κ2) is 15.9. The number of allylic oxidation sites excluding steroid dienone is 2. The Hall–Kier alpha value is -4.41. The molecule has 0 bridgehead atoms. The van der Waals surface area contributed by atoms with Crippen molar-refractivity contribution in [3.63, 3.8) is 0 Å². The van der Waals surface area contributed by atoms with Gasteiger partial charge in [-0.1, -0.05) is 66.3 Å². The number of thiocarbonyl (C=S) groups is 1. The number of hydrogen-bond acceptors (Lipinski definition) is 6. The lowest BCUT2D eigenvalue weighted by Crippen LogP contribution is -2.36. The molecule has 1 aliphatic rings. The molecule has 1 aliphatic carbocycles. The topological polar surface area (TPSA) is 125 Å². The molecule has 0 fully saturated rings. The minimum absolute atomic E-state index is 0.0198. The first kappa shape index (κ1) is 32.5. The maximum atomic E-state index is 12.4. The lowest BCUT2D eigenvalue weighted by molar-refractivity contribution is -0.463. The van der Waals surface area contributed by atoms with Crippen LogP contribution in [-0.4, -0.2) is 46.2 Å². The van der Waals surface area contributed by atoms with Crippen LogP contribution in [0.2, 0.25) is 5.02 Å². The summed E-state index contributed by atoms with van der Waals surface area (Å²) in [6, 6.07) is 21.2. The summed E-state index contributed by atoms with van der Waals surface area (Å²) in [5, 5.41) is 25.3. The summed E-state index contributed by atoms with van der Waals surface area (Å²) in [5.74, 6) is -1.16. The molecule has 0 radical (unpaired) electrons. The fourth-order valence-electron chi connectivity index (χ4n) is 4.93. The molecule has 0 saturated heterocycles. The Kier molecular flexibility index (Phi) is 11.7. The van der Waals surface area contributed by atoms with Crippen LogP contribution >= 0.6 is 23.8 Å². The van der Waals surface area contributed by atoms with Crippen molar-refractivity contribution >= 4 is 58.2 Å². The van der Waals surface area contributed by atoms with Crippen molar-refractivity contribution in [2.24, 2.45) is 4.99 Å². The quantitative estimate of drug-likeness (QED) is 0.0688. The van der Waals surface area contributed by atoms with Gasteiger partial charge in [0.25, 0.3) is 12.5 Å². The second-order valence-corrected chi connectivity index (χ2v) is 11.1. The van der Waals surface area contributed by atoms with Crippen LogP contribution in [-0.2, 0) is 11.3 Å². The van der Waals surface area contributed by atoms with Crippen molar-refractivity contribution < 1.29 is 19.6 Å². The van der Waals surface area contributed by atoms with E-state index in [9.17, 15) is 19.7 Å². The molecule has 2 N–H and O–H groups in total. The largest absolute Gasteiger partial charge is 0.481 e. The van der Waals surface area contributed by atoms with Gasteiger partial charge in [-0.05, 0) is 84.3 Å². The fourth-order valence-corrected chi connectivity index (χ4v) is 5.28. The van der Waals surface area contributed by atoms with Crippen LogP contribution in [0.15, 0.2) is 83.9 Å². The minimum Gasteiger partial charge on any atom is -0.481 e. The Morgan fingerprint density at radius 2 is 1.77 bits per heavy atom. The van der Waals surface area contributed by atoms with Crippen LogP contribution < -0.4 is 10.2 Å². The number of carboxylic acids is 1. The first-order valence-corrected chi connectivity index (χ1v) is 15.1. The molecule has 228 valence electrons. The molecule has 1 amide bonds. The zero-order valence-electron chi connectivity index (χ0n) is 24.0. The van der Waals surface area contributed by atoms with E-state index in [1.807, 2.05) is 24.3 Å². The first-order valence-electron chi connectivity index (χ1n) is 14.3. The molecule has 0 spiro atoms. The number of hydrogen-bond donors (Lipinski definition) is 2. The normalized spacial score (nSPS) is 13.8. The number of halogens is 1. The Labute approximate surface area is 266 Å². The van der Waals surface area contributed by atoms with Gasteiger partial charge in [-0.2, -0.15) is 0 Å². The average molecular weight is 633 g/mol. The minimum atomic E-state index is -0.997. The Morgan fingerprint density at radius 3 is 2.36 bits per heavy atom. The lowest BCUT2D eigenvalue weighted by atomic mass is 9.93. The van der Waals surface area contributed by atoms with Crippen LogP contribution in [0.4, 0.5) is 5.69 Å². The molecule has 0 aliphatic heterocycles. The molecule has 0 saturated carbocycles. The van der Waals surface area contributed by atoms with Gasteiger partial charge in [0.05, 0.1) is 6.42 Å². The summed E-state index contributed by atoms with van der Waals surface area (Å²) in [6.07, 6.45) is 6.51. The number of amidine groups is 1. The van der Waals surface area contributed by atoms with Gasteiger partial charge in [0.2, 0.25) is 0 Å². The third-order valence-corrected chi connectivity index (χ3v) is 7.74. The molecule has 11 heteroatoms.